The summed E-state index contributed by atoms with van der Waals surface area (Å²) in [5, 5.41) is 15.2. The molecule has 4 aromatic rings. The summed E-state index contributed by atoms with van der Waals surface area (Å²) >= 11 is 0. The standard InChI is InChI=1S/C26H23N5O4/c1-35-26(32)21-13-8-14-22(15-21)29-24-23(31(33)34)25(28-18-27-24)30(16-19-9-4-2-5-10-19)17-20-11-6-3-7-12-20/h2-15,18H,16-17H2,1H3,(H,27,28,29). The highest BCUT2D eigenvalue weighted by molar-refractivity contribution is 5.90. The van der Waals surface area contributed by atoms with Crippen LogP contribution in [0.2, 0.25) is 0 Å². The largest absolute Gasteiger partial charge is 0.465 e. The van der Waals surface area contributed by atoms with E-state index in [1.54, 1.807) is 24.3 Å². The molecule has 9 nitrogen and oxygen atoms in total. The molecule has 176 valence electrons. The van der Waals surface area contributed by atoms with Gasteiger partial charge in [-0.2, -0.15) is 0 Å². The summed E-state index contributed by atoms with van der Waals surface area (Å²) in [6.07, 6.45) is 1.29. The van der Waals surface area contributed by atoms with E-state index in [1.165, 1.54) is 13.4 Å². The number of carbonyl (C=O) groups is 1. The van der Waals surface area contributed by atoms with Crippen LogP contribution in [-0.4, -0.2) is 28.0 Å². The molecular weight excluding hydrogens is 446 g/mol. The molecule has 0 saturated heterocycles. The van der Waals surface area contributed by atoms with E-state index < -0.39 is 10.9 Å². The van der Waals surface area contributed by atoms with E-state index in [1.807, 2.05) is 65.6 Å². The molecule has 0 spiro atoms. The molecule has 1 aromatic heterocycles. The Morgan fingerprint density at radius 2 is 1.57 bits per heavy atom. The van der Waals surface area contributed by atoms with Crippen LogP contribution in [0.15, 0.2) is 91.3 Å². The fraction of sp³-hybridized carbons (Fsp3) is 0.115. The van der Waals surface area contributed by atoms with Crippen molar-refractivity contribution in [3.8, 4) is 0 Å². The van der Waals surface area contributed by atoms with Gasteiger partial charge in [0.1, 0.15) is 6.33 Å². The summed E-state index contributed by atoms with van der Waals surface area (Å²) in [7, 11) is 1.29. The van der Waals surface area contributed by atoms with Gasteiger partial charge in [0, 0.05) is 18.8 Å². The van der Waals surface area contributed by atoms with Crippen LogP contribution in [0.1, 0.15) is 21.5 Å². The average Bonchev–Trinajstić information content (AvgIpc) is 2.89. The first-order valence-electron chi connectivity index (χ1n) is 10.8. The second-order valence-electron chi connectivity index (χ2n) is 7.68. The molecule has 0 amide bonds. The maximum Gasteiger partial charge on any atom is 0.353 e. The van der Waals surface area contributed by atoms with Crippen LogP contribution in [0.4, 0.5) is 23.0 Å². The first-order valence-corrected chi connectivity index (χ1v) is 10.8. The fourth-order valence-corrected chi connectivity index (χ4v) is 3.65. The van der Waals surface area contributed by atoms with Crippen LogP contribution < -0.4 is 10.2 Å². The number of methoxy groups -OCH3 is 1. The summed E-state index contributed by atoms with van der Waals surface area (Å²) in [5.41, 5.74) is 2.47. The average molecular weight is 470 g/mol. The Hall–Kier alpha value is -4.79. The lowest BCUT2D eigenvalue weighted by Crippen LogP contribution is -2.24. The molecule has 0 unspecified atom stereocenters. The van der Waals surface area contributed by atoms with E-state index in [2.05, 4.69) is 15.3 Å². The van der Waals surface area contributed by atoms with Crippen LogP contribution >= 0.6 is 0 Å². The van der Waals surface area contributed by atoms with Gasteiger partial charge in [-0.1, -0.05) is 66.7 Å². The molecule has 1 N–H and O–H groups in total. The van der Waals surface area contributed by atoms with E-state index in [-0.39, 0.29) is 17.3 Å². The van der Waals surface area contributed by atoms with Gasteiger partial charge in [0.2, 0.25) is 11.6 Å². The van der Waals surface area contributed by atoms with E-state index in [4.69, 9.17) is 4.74 Å². The number of carbonyl (C=O) groups excluding carboxylic acids is 1. The minimum Gasteiger partial charge on any atom is -0.465 e. The molecule has 3 aromatic carbocycles. The van der Waals surface area contributed by atoms with Crippen molar-refractivity contribution in [1.82, 2.24) is 9.97 Å². The number of esters is 1. The summed E-state index contributed by atoms with van der Waals surface area (Å²) < 4.78 is 4.76. The van der Waals surface area contributed by atoms with Gasteiger partial charge < -0.3 is 15.0 Å². The molecule has 35 heavy (non-hydrogen) atoms. The quantitative estimate of drug-likeness (QED) is 0.204. The highest BCUT2D eigenvalue weighted by Crippen LogP contribution is 2.35. The van der Waals surface area contributed by atoms with Crippen molar-refractivity contribution in [3.63, 3.8) is 0 Å². The minimum atomic E-state index is -0.511. The first kappa shape index (κ1) is 23.4. The van der Waals surface area contributed by atoms with Crippen molar-refractivity contribution in [2.24, 2.45) is 0 Å². The number of nitrogens with zero attached hydrogens (tertiary/aromatic N) is 4. The Morgan fingerprint density at radius 3 is 2.14 bits per heavy atom. The zero-order chi connectivity index (χ0) is 24.6. The summed E-state index contributed by atoms with van der Waals surface area (Å²) in [6, 6.07) is 25.8. The lowest BCUT2D eigenvalue weighted by Gasteiger charge is -2.24. The number of ether oxygens (including phenoxy) is 1. The van der Waals surface area contributed by atoms with Crippen LogP contribution in [-0.2, 0) is 17.8 Å². The number of aromatic nitrogens is 2. The van der Waals surface area contributed by atoms with Crippen molar-refractivity contribution in [3.05, 3.63) is 118 Å². The Morgan fingerprint density at radius 1 is 0.943 bits per heavy atom. The Labute approximate surface area is 202 Å². The number of hydrogen-bond acceptors (Lipinski definition) is 8. The Balaban J connectivity index is 1.74. The SMILES string of the molecule is COC(=O)c1cccc(Nc2ncnc(N(Cc3ccccc3)Cc3ccccc3)c2[N+](=O)[O-])c1. The molecule has 4 rings (SSSR count). The molecular formula is C26H23N5O4. The lowest BCUT2D eigenvalue weighted by atomic mass is 10.1. The Bertz CT molecular complexity index is 1270. The normalized spacial score (nSPS) is 10.4. The number of anilines is 3. The second-order valence-corrected chi connectivity index (χ2v) is 7.68. The number of nitro groups is 1. The molecule has 1 heterocycles. The van der Waals surface area contributed by atoms with Gasteiger partial charge in [-0.15, -0.1) is 0 Å². The van der Waals surface area contributed by atoms with Crippen LogP contribution in [0.5, 0.6) is 0 Å². The molecule has 0 bridgehead atoms. The molecule has 9 heteroatoms. The van der Waals surface area contributed by atoms with Crippen molar-refractivity contribution in [1.29, 1.82) is 0 Å². The molecule has 0 aliphatic heterocycles. The van der Waals surface area contributed by atoms with E-state index in [0.717, 1.165) is 11.1 Å². The fourth-order valence-electron chi connectivity index (χ4n) is 3.65. The smallest absolute Gasteiger partial charge is 0.353 e. The highest BCUT2D eigenvalue weighted by atomic mass is 16.6. The van der Waals surface area contributed by atoms with Gasteiger partial charge in [0.15, 0.2) is 0 Å². The molecule has 0 saturated carbocycles. The molecule has 0 atom stereocenters. The number of benzene rings is 3. The van der Waals surface area contributed by atoms with Crippen LogP contribution in [0.3, 0.4) is 0 Å². The second kappa shape index (κ2) is 10.9. The predicted molar refractivity (Wildman–Crippen MR) is 133 cm³/mol. The van der Waals surface area contributed by atoms with Crippen molar-refractivity contribution in [2.45, 2.75) is 13.1 Å². The van der Waals surface area contributed by atoms with Gasteiger partial charge >= 0.3 is 11.7 Å². The molecule has 0 aliphatic rings. The monoisotopic (exact) mass is 469 g/mol. The van der Waals surface area contributed by atoms with Gasteiger partial charge in [-0.3, -0.25) is 10.1 Å². The Kier molecular flexibility index (Phi) is 7.27. The predicted octanol–water partition coefficient (Wildman–Crippen LogP) is 5.12. The maximum absolute atomic E-state index is 12.2. The van der Waals surface area contributed by atoms with Gasteiger partial charge in [-0.25, -0.2) is 14.8 Å². The van der Waals surface area contributed by atoms with Gasteiger partial charge in [0.25, 0.3) is 0 Å². The van der Waals surface area contributed by atoms with E-state index in [9.17, 15) is 14.9 Å². The zero-order valence-corrected chi connectivity index (χ0v) is 19.0. The summed E-state index contributed by atoms with van der Waals surface area (Å²) in [6.45, 7) is 0.815. The number of hydrogen-bond donors (Lipinski definition) is 1. The minimum absolute atomic E-state index is 0.0214. The van der Waals surface area contributed by atoms with Crippen molar-refractivity contribution >= 4 is 29.0 Å². The van der Waals surface area contributed by atoms with Crippen LogP contribution in [0.25, 0.3) is 0 Å². The third-order valence-corrected chi connectivity index (χ3v) is 5.26. The van der Waals surface area contributed by atoms with E-state index >= 15 is 0 Å². The van der Waals surface area contributed by atoms with Gasteiger partial charge in [-0.05, 0) is 29.3 Å². The lowest BCUT2D eigenvalue weighted by molar-refractivity contribution is -0.383. The zero-order valence-electron chi connectivity index (χ0n) is 19.0. The van der Waals surface area contributed by atoms with Crippen LogP contribution in [0, 0.1) is 10.1 Å². The van der Waals surface area contributed by atoms with Gasteiger partial charge in [0.05, 0.1) is 17.6 Å². The van der Waals surface area contributed by atoms with E-state index in [0.29, 0.717) is 24.3 Å². The third-order valence-electron chi connectivity index (χ3n) is 5.26. The molecule has 0 radical (unpaired) electrons. The maximum atomic E-state index is 12.2. The number of nitrogens with one attached hydrogen (secondary N) is 1. The van der Waals surface area contributed by atoms with Crippen molar-refractivity contribution < 1.29 is 14.5 Å². The first-order chi connectivity index (χ1) is 17.0. The number of rotatable bonds is 9. The summed E-state index contributed by atoms with van der Waals surface area (Å²) in [5.74, 6) is -0.305. The summed E-state index contributed by atoms with van der Waals surface area (Å²) in [4.78, 5) is 33.9. The topological polar surface area (TPSA) is 110 Å². The molecule has 0 aliphatic carbocycles. The highest BCUT2D eigenvalue weighted by Gasteiger charge is 2.28. The molecule has 0 fully saturated rings. The third kappa shape index (κ3) is 5.77. The van der Waals surface area contributed by atoms with Crippen molar-refractivity contribution in [2.75, 3.05) is 17.3 Å².